The van der Waals surface area contributed by atoms with E-state index >= 15 is 0 Å². The Bertz CT molecular complexity index is 1580. The van der Waals surface area contributed by atoms with Crippen LogP contribution < -0.4 is 10.6 Å². The third kappa shape index (κ3) is 7.67. The maximum Gasteiger partial charge on any atom is 0.397 e. The number of nitrogens with zero attached hydrogens (tertiary/aromatic N) is 3. The predicted octanol–water partition coefficient (Wildman–Crippen LogP) is 2.52. The van der Waals surface area contributed by atoms with Gasteiger partial charge in [-0.2, -0.15) is 23.4 Å². The molecule has 0 aliphatic carbocycles. The molecule has 13 nitrogen and oxygen atoms in total. The molecule has 0 amide bonds. The molecule has 0 saturated carbocycles. The standard InChI is InChI=1S/C19H18ClN5O8S3/c1-2-34(26,27)15-7-3-13(4-8-15)21-18-23-17(20)24-19(25-18)22-14-5-9-16(10-6-14)35(28,29)12-11-33-36(30,31)32/h2-10H,1,11-12H2,(H,30,31,32)(H2,21,22,23,24,25). The maximum atomic E-state index is 12.3. The molecule has 3 aromatic rings. The van der Waals surface area contributed by atoms with Gasteiger partial charge < -0.3 is 10.6 Å². The van der Waals surface area contributed by atoms with Crippen molar-refractivity contribution in [3.63, 3.8) is 0 Å². The lowest BCUT2D eigenvalue weighted by atomic mass is 10.3. The normalized spacial score (nSPS) is 12.2. The van der Waals surface area contributed by atoms with Gasteiger partial charge in [0.15, 0.2) is 19.7 Å². The zero-order chi connectivity index (χ0) is 26.6. The molecule has 0 fully saturated rings. The lowest BCUT2D eigenvalue weighted by Crippen LogP contribution is -2.15. The highest BCUT2D eigenvalue weighted by atomic mass is 35.5. The Morgan fingerprint density at radius 3 is 1.75 bits per heavy atom. The van der Waals surface area contributed by atoms with Crippen molar-refractivity contribution in [2.75, 3.05) is 23.0 Å². The first-order valence-corrected chi connectivity index (χ1v) is 14.6. The molecule has 0 radical (unpaired) electrons. The van der Waals surface area contributed by atoms with Crippen LogP contribution in [0.25, 0.3) is 0 Å². The van der Waals surface area contributed by atoms with Crippen LogP contribution in [-0.2, 0) is 34.3 Å². The summed E-state index contributed by atoms with van der Waals surface area (Å²) in [5, 5.41) is 6.40. The van der Waals surface area contributed by atoms with E-state index in [1.165, 1.54) is 48.5 Å². The first kappa shape index (κ1) is 27.4. The molecule has 192 valence electrons. The van der Waals surface area contributed by atoms with Crippen molar-refractivity contribution in [1.29, 1.82) is 0 Å². The summed E-state index contributed by atoms with van der Waals surface area (Å²) < 4.78 is 81.9. The van der Waals surface area contributed by atoms with E-state index in [1.807, 2.05) is 0 Å². The van der Waals surface area contributed by atoms with Crippen LogP contribution in [0.1, 0.15) is 0 Å². The van der Waals surface area contributed by atoms with Crippen LogP contribution in [0, 0.1) is 0 Å². The van der Waals surface area contributed by atoms with E-state index in [0.717, 1.165) is 5.41 Å². The lowest BCUT2D eigenvalue weighted by Gasteiger charge is -2.10. The van der Waals surface area contributed by atoms with Crippen molar-refractivity contribution >= 4 is 64.9 Å². The van der Waals surface area contributed by atoms with Gasteiger partial charge in [0.2, 0.25) is 17.2 Å². The Morgan fingerprint density at radius 1 is 0.833 bits per heavy atom. The summed E-state index contributed by atoms with van der Waals surface area (Å²) in [7, 11) is -12.2. The largest absolute Gasteiger partial charge is 0.397 e. The average Bonchev–Trinajstić information content (AvgIpc) is 2.78. The highest BCUT2D eigenvalue weighted by Gasteiger charge is 2.17. The van der Waals surface area contributed by atoms with Gasteiger partial charge in [-0.05, 0) is 60.1 Å². The minimum absolute atomic E-state index is 0.0283. The molecule has 3 N–H and O–H groups in total. The molecule has 0 spiro atoms. The number of hydrogen-bond donors (Lipinski definition) is 3. The molecule has 0 aliphatic rings. The van der Waals surface area contributed by atoms with Gasteiger partial charge in [-0.1, -0.05) is 6.58 Å². The number of aromatic nitrogens is 3. The molecular weight excluding hydrogens is 558 g/mol. The number of benzene rings is 2. The minimum Gasteiger partial charge on any atom is -0.324 e. The molecule has 17 heteroatoms. The second-order valence-electron chi connectivity index (χ2n) is 6.83. The molecule has 0 saturated heterocycles. The van der Waals surface area contributed by atoms with Crippen molar-refractivity contribution in [1.82, 2.24) is 15.0 Å². The predicted molar refractivity (Wildman–Crippen MR) is 131 cm³/mol. The summed E-state index contributed by atoms with van der Waals surface area (Å²) >= 11 is 5.97. The Labute approximate surface area is 212 Å². The van der Waals surface area contributed by atoms with Gasteiger partial charge in [-0.3, -0.25) is 4.55 Å². The molecule has 0 aliphatic heterocycles. The number of sulfone groups is 2. The number of nitrogens with one attached hydrogen (secondary N) is 2. The second kappa shape index (κ2) is 10.9. The summed E-state index contributed by atoms with van der Waals surface area (Å²) in [5.74, 6) is -0.589. The fraction of sp³-hybridized carbons (Fsp3) is 0.105. The highest BCUT2D eigenvalue weighted by Crippen LogP contribution is 2.22. The summed E-state index contributed by atoms with van der Waals surface area (Å²) in [5.41, 5.74) is 0.870. The van der Waals surface area contributed by atoms with E-state index in [9.17, 15) is 25.3 Å². The van der Waals surface area contributed by atoms with Gasteiger partial charge >= 0.3 is 10.4 Å². The smallest absolute Gasteiger partial charge is 0.324 e. The SMILES string of the molecule is C=CS(=O)(=O)c1ccc(Nc2nc(Cl)nc(Nc3ccc(S(=O)(=O)CCOS(=O)(=O)O)cc3)n2)cc1. The van der Waals surface area contributed by atoms with Crippen molar-refractivity contribution in [3.8, 4) is 0 Å². The molecule has 0 unspecified atom stereocenters. The second-order valence-corrected chi connectivity index (χ2v) is 12.3. The van der Waals surface area contributed by atoms with Crippen molar-refractivity contribution < 1.29 is 34.0 Å². The van der Waals surface area contributed by atoms with E-state index < -0.39 is 42.4 Å². The van der Waals surface area contributed by atoms with Gasteiger partial charge in [0.05, 0.1) is 22.2 Å². The van der Waals surface area contributed by atoms with Crippen molar-refractivity contribution in [2.24, 2.45) is 0 Å². The topological polar surface area (TPSA) is 195 Å². The van der Waals surface area contributed by atoms with Crippen LogP contribution in [0.4, 0.5) is 23.3 Å². The molecule has 0 atom stereocenters. The van der Waals surface area contributed by atoms with E-state index in [1.54, 1.807) is 0 Å². The van der Waals surface area contributed by atoms with Crippen LogP contribution >= 0.6 is 11.6 Å². The van der Waals surface area contributed by atoms with Gasteiger partial charge in [0.25, 0.3) is 0 Å². The zero-order valence-electron chi connectivity index (χ0n) is 18.1. The summed E-state index contributed by atoms with van der Waals surface area (Å²) in [6, 6.07) is 11.1. The third-order valence-electron chi connectivity index (χ3n) is 4.32. The van der Waals surface area contributed by atoms with Crippen LogP contribution in [-0.4, -0.2) is 57.1 Å². The van der Waals surface area contributed by atoms with E-state index in [-0.39, 0.29) is 27.0 Å². The van der Waals surface area contributed by atoms with Crippen LogP contribution in [0.3, 0.4) is 0 Å². The number of halogens is 1. The van der Waals surface area contributed by atoms with E-state index in [2.05, 4.69) is 36.3 Å². The molecule has 0 bridgehead atoms. The van der Waals surface area contributed by atoms with Crippen LogP contribution in [0.15, 0.2) is 70.3 Å². The Balaban J connectivity index is 1.71. The first-order chi connectivity index (χ1) is 16.8. The quantitative estimate of drug-likeness (QED) is 0.282. The molecule has 1 aromatic heterocycles. The monoisotopic (exact) mass is 575 g/mol. The van der Waals surface area contributed by atoms with Gasteiger partial charge in [0, 0.05) is 16.8 Å². The fourth-order valence-corrected chi connectivity index (χ4v) is 5.01. The molecule has 2 aromatic carbocycles. The fourth-order valence-electron chi connectivity index (χ4n) is 2.66. The molecule has 36 heavy (non-hydrogen) atoms. The Morgan fingerprint density at radius 2 is 1.31 bits per heavy atom. The Kier molecular flexibility index (Phi) is 8.27. The van der Waals surface area contributed by atoms with Crippen LogP contribution in [0.5, 0.6) is 0 Å². The minimum atomic E-state index is -4.74. The number of anilines is 4. The van der Waals surface area contributed by atoms with Gasteiger partial charge in [-0.15, -0.1) is 0 Å². The Hall–Kier alpha value is -3.15. The van der Waals surface area contributed by atoms with Gasteiger partial charge in [0.1, 0.15) is 0 Å². The van der Waals surface area contributed by atoms with Gasteiger partial charge in [-0.25, -0.2) is 21.0 Å². The average molecular weight is 576 g/mol. The summed E-state index contributed by atoms with van der Waals surface area (Å²) in [6.07, 6.45) is 0. The zero-order valence-corrected chi connectivity index (χ0v) is 21.3. The summed E-state index contributed by atoms with van der Waals surface area (Å²) in [4.78, 5) is 12.0. The maximum absolute atomic E-state index is 12.3. The third-order valence-corrected chi connectivity index (χ3v) is 8.02. The number of rotatable bonds is 11. The molecular formula is C19H18ClN5O8S3. The van der Waals surface area contributed by atoms with E-state index in [4.69, 9.17) is 16.2 Å². The summed E-state index contributed by atoms with van der Waals surface area (Å²) in [6.45, 7) is 2.53. The van der Waals surface area contributed by atoms with Crippen molar-refractivity contribution in [3.05, 3.63) is 65.8 Å². The molecule has 3 rings (SSSR count). The highest BCUT2D eigenvalue weighted by molar-refractivity contribution is 7.94. The van der Waals surface area contributed by atoms with E-state index in [0.29, 0.717) is 11.4 Å². The molecule has 1 heterocycles. The van der Waals surface area contributed by atoms with Crippen molar-refractivity contribution in [2.45, 2.75) is 9.79 Å². The lowest BCUT2D eigenvalue weighted by molar-refractivity contribution is 0.284. The number of hydrogen-bond acceptors (Lipinski definition) is 12. The first-order valence-electron chi connectivity index (χ1n) is 9.65. The van der Waals surface area contributed by atoms with Crippen LogP contribution in [0.2, 0.25) is 5.28 Å².